The quantitative estimate of drug-likeness (QED) is 0.267. The lowest BCUT2D eigenvalue weighted by Crippen LogP contribution is -2.36. The van der Waals surface area contributed by atoms with Crippen molar-refractivity contribution in [2.75, 3.05) is 7.11 Å². The van der Waals surface area contributed by atoms with E-state index in [-0.39, 0.29) is 6.10 Å². The fraction of sp³-hybridized carbons (Fsp3) is 0.385. The Morgan fingerprint density at radius 2 is 1.83 bits per heavy atom. The molecule has 2 aromatic carbocycles. The highest BCUT2D eigenvalue weighted by atomic mass is 79.9. The molecule has 0 saturated carbocycles. The average Bonchev–Trinajstić information content (AvgIpc) is 2.81. The average molecular weight is 560 g/mol. The van der Waals surface area contributed by atoms with E-state index in [0.29, 0.717) is 29.4 Å². The number of aromatic nitrogens is 3. The lowest BCUT2D eigenvalue weighted by Gasteiger charge is -2.15. The number of H-pyrrole nitrogens is 1. The van der Waals surface area contributed by atoms with E-state index in [1.165, 1.54) is 0 Å². The molecule has 3 rings (SSSR count). The van der Waals surface area contributed by atoms with Gasteiger partial charge < -0.3 is 14.2 Å². The number of hydrogen-bond acceptors (Lipinski definition) is 7. The van der Waals surface area contributed by atoms with Crippen molar-refractivity contribution in [1.29, 1.82) is 0 Å². The van der Waals surface area contributed by atoms with Crippen LogP contribution < -0.4 is 20.7 Å². The van der Waals surface area contributed by atoms with E-state index < -0.39 is 22.9 Å². The zero-order chi connectivity index (χ0) is 26.4. The van der Waals surface area contributed by atoms with Gasteiger partial charge in [-0.3, -0.25) is 9.78 Å². The minimum absolute atomic E-state index is 0.371. The molecule has 1 atom stereocenters. The van der Waals surface area contributed by atoms with Crippen LogP contribution in [0.1, 0.15) is 61.1 Å². The molecule has 9 nitrogen and oxygen atoms in total. The second kappa shape index (κ2) is 12.0. The molecule has 1 heterocycles. The third kappa shape index (κ3) is 6.42. The maximum absolute atomic E-state index is 12.6. The van der Waals surface area contributed by atoms with Crippen LogP contribution in [0.2, 0.25) is 0 Å². The van der Waals surface area contributed by atoms with Crippen molar-refractivity contribution in [2.24, 2.45) is 0 Å². The molecule has 0 spiro atoms. The Hall–Kier alpha value is -3.40. The highest BCUT2D eigenvalue weighted by molar-refractivity contribution is 9.10. The maximum Gasteiger partial charge on any atom is 0.364 e. The molecule has 1 N–H and O–H groups in total. The summed E-state index contributed by atoms with van der Waals surface area (Å²) in [5.41, 5.74) is -0.300. The summed E-state index contributed by atoms with van der Waals surface area (Å²) in [6.45, 7) is 7.51. The zero-order valence-electron chi connectivity index (χ0n) is 21.0. The van der Waals surface area contributed by atoms with E-state index in [9.17, 15) is 14.4 Å². The van der Waals surface area contributed by atoms with Crippen LogP contribution in [0.3, 0.4) is 0 Å². The van der Waals surface area contributed by atoms with E-state index in [1.54, 1.807) is 44.4 Å². The number of benzene rings is 2. The van der Waals surface area contributed by atoms with E-state index >= 15 is 0 Å². The van der Waals surface area contributed by atoms with Gasteiger partial charge in [-0.25, -0.2) is 9.59 Å². The molecule has 1 aromatic heterocycles. The van der Waals surface area contributed by atoms with Gasteiger partial charge in [-0.05, 0) is 91.0 Å². The molecule has 0 radical (unpaired) electrons. The number of hydrogen-bond donors (Lipinski definition) is 1. The smallest absolute Gasteiger partial charge is 0.364 e. The summed E-state index contributed by atoms with van der Waals surface area (Å²) in [4.78, 5) is 39.6. The summed E-state index contributed by atoms with van der Waals surface area (Å²) in [6.07, 6.45) is 3.30. The third-order valence-electron chi connectivity index (χ3n) is 5.58. The summed E-state index contributed by atoms with van der Waals surface area (Å²) in [5, 5.41) is 4.04. The van der Waals surface area contributed by atoms with Gasteiger partial charge in [-0.2, -0.15) is 9.78 Å². The number of ether oxygens (including phenoxy) is 3. The molecular formula is C26H30BrN3O6. The summed E-state index contributed by atoms with van der Waals surface area (Å²) in [5.74, 6) is 1.01. The lowest BCUT2D eigenvalue weighted by molar-refractivity contribution is 0.0307. The fourth-order valence-electron chi connectivity index (χ4n) is 3.73. The summed E-state index contributed by atoms with van der Waals surface area (Å²) in [7, 11) is 1.58. The molecule has 3 aromatic rings. The minimum Gasteiger partial charge on any atom is -0.496 e. The molecule has 10 heteroatoms. The monoisotopic (exact) mass is 559 g/mol. The summed E-state index contributed by atoms with van der Waals surface area (Å²) in [6, 6.07) is 8.74. The maximum atomic E-state index is 12.6. The molecule has 0 aliphatic carbocycles. The number of nitrogens with zero attached hydrogens (tertiary/aromatic N) is 2. The predicted octanol–water partition coefficient (Wildman–Crippen LogP) is 5.23. The second-order valence-electron chi connectivity index (χ2n) is 8.54. The largest absolute Gasteiger partial charge is 0.496 e. The summed E-state index contributed by atoms with van der Waals surface area (Å²) >= 11 is 3.44. The lowest BCUT2D eigenvalue weighted by atomic mass is 10.1. The van der Waals surface area contributed by atoms with Gasteiger partial charge in [0.1, 0.15) is 17.2 Å². The summed E-state index contributed by atoms with van der Waals surface area (Å²) < 4.78 is 18.4. The van der Waals surface area contributed by atoms with Crippen LogP contribution in [-0.4, -0.2) is 33.9 Å². The molecule has 0 bridgehead atoms. The number of carbonyl (C=O) groups excluding carboxylic acids is 1. The van der Waals surface area contributed by atoms with Crippen molar-refractivity contribution in [3.05, 3.63) is 72.5 Å². The van der Waals surface area contributed by atoms with Crippen molar-refractivity contribution in [1.82, 2.24) is 14.8 Å². The van der Waals surface area contributed by atoms with Crippen LogP contribution in [0, 0.1) is 13.8 Å². The topological polar surface area (TPSA) is 113 Å². The van der Waals surface area contributed by atoms with Crippen LogP contribution in [0.25, 0.3) is 5.69 Å². The molecule has 0 aliphatic heterocycles. The number of methoxy groups -OCH3 is 1. The van der Waals surface area contributed by atoms with E-state index in [1.807, 2.05) is 13.8 Å². The standard InChI is InChI=1S/C26H30BrN3O6/c1-6-7-8-9-17(4)35-25(32)22-24(31)28-26(33)30(29-22)18-12-15(2)23(16(3)13-18)36-19-10-11-21(34-5)20(27)14-19/h10-14,17H,6-9H2,1-5H3,(H,28,31,33). The normalized spacial score (nSPS) is 11.7. The van der Waals surface area contributed by atoms with Gasteiger partial charge in [0.05, 0.1) is 23.4 Å². The molecule has 0 aliphatic rings. The molecule has 0 amide bonds. The van der Waals surface area contributed by atoms with Gasteiger partial charge in [0.15, 0.2) is 0 Å². The van der Waals surface area contributed by atoms with Gasteiger partial charge in [0, 0.05) is 0 Å². The van der Waals surface area contributed by atoms with E-state index in [2.05, 4.69) is 32.9 Å². The van der Waals surface area contributed by atoms with Crippen molar-refractivity contribution >= 4 is 21.9 Å². The van der Waals surface area contributed by atoms with Gasteiger partial charge in [0.2, 0.25) is 5.69 Å². The first kappa shape index (κ1) is 27.2. The molecule has 1 unspecified atom stereocenters. The second-order valence-corrected chi connectivity index (χ2v) is 9.39. The Kier molecular flexibility index (Phi) is 9.08. The first-order chi connectivity index (χ1) is 17.1. The number of aryl methyl sites for hydroxylation is 2. The molecule has 0 saturated heterocycles. The highest BCUT2D eigenvalue weighted by Crippen LogP contribution is 2.34. The van der Waals surface area contributed by atoms with Crippen molar-refractivity contribution in [2.45, 2.75) is 59.5 Å². The van der Waals surface area contributed by atoms with Gasteiger partial charge >= 0.3 is 11.7 Å². The zero-order valence-corrected chi connectivity index (χ0v) is 22.6. The molecular weight excluding hydrogens is 530 g/mol. The number of esters is 1. The van der Waals surface area contributed by atoms with Crippen LogP contribution in [0.4, 0.5) is 0 Å². The number of halogens is 1. The number of carbonyl (C=O) groups is 1. The molecule has 0 fully saturated rings. The fourth-order valence-corrected chi connectivity index (χ4v) is 4.25. The SMILES string of the molecule is CCCCCC(C)OC(=O)c1nn(-c2cc(C)c(Oc3ccc(OC)c(Br)c3)c(C)c2)c(=O)[nH]c1=O. The Bertz CT molecular complexity index is 1340. The highest BCUT2D eigenvalue weighted by Gasteiger charge is 2.21. The number of aromatic amines is 1. The van der Waals surface area contributed by atoms with Crippen LogP contribution >= 0.6 is 15.9 Å². The number of nitrogens with one attached hydrogen (secondary N) is 1. The Balaban J connectivity index is 1.89. The Morgan fingerprint density at radius 3 is 2.44 bits per heavy atom. The minimum atomic E-state index is -0.888. The Morgan fingerprint density at radius 1 is 1.14 bits per heavy atom. The van der Waals surface area contributed by atoms with Crippen molar-refractivity contribution in [3.8, 4) is 22.9 Å². The van der Waals surface area contributed by atoms with Crippen LogP contribution in [0.5, 0.6) is 17.2 Å². The third-order valence-corrected chi connectivity index (χ3v) is 6.20. The van der Waals surface area contributed by atoms with Crippen molar-refractivity contribution in [3.63, 3.8) is 0 Å². The first-order valence-corrected chi connectivity index (χ1v) is 12.5. The van der Waals surface area contributed by atoms with Crippen molar-refractivity contribution < 1.29 is 19.0 Å². The number of rotatable bonds is 10. The van der Waals surface area contributed by atoms with Crippen LogP contribution in [0.15, 0.2) is 44.4 Å². The van der Waals surface area contributed by atoms with Gasteiger partial charge in [-0.1, -0.05) is 19.8 Å². The van der Waals surface area contributed by atoms with E-state index in [4.69, 9.17) is 14.2 Å². The van der Waals surface area contributed by atoms with Gasteiger partial charge in [0.25, 0.3) is 5.56 Å². The van der Waals surface area contributed by atoms with Gasteiger partial charge in [-0.15, -0.1) is 0 Å². The molecule has 192 valence electrons. The molecule has 36 heavy (non-hydrogen) atoms. The van der Waals surface area contributed by atoms with E-state index in [0.717, 1.165) is 39.5 Å². The predicted molar refractivity (Wildman–Crippen MR) is 140 cm³/mol. The number of unbranched alkanes of at least 4 members (excludes halogenated alkanes) is 2. The first-order valence-electron chi connectivity index (χ1n) is 11.7. The Labute approximate surface area is 217 Å². The van der Waals surface area contributed by atoms with Crippen LogP contribution in [-0.2, 0) is 4.74 Å².